The van der Waals surface area contributed by atoms with Crippen molar-refractivity contribution in [3.8, 4) is 0 Å². The Hall–Kier alpha value is -2.61. The molecule has 2 aromatic rings. The molecule has 110 valence electrons. The van der Waals surface area contributed by atoms with E-state index in [0.717, 1.165) is 5.56 Å². The first-order valence-electron chi connectivity index (χ1n) is 6.07. The Morgan fingerprint density at radius 2 is 1.90 bits per heavy atom. The zero-order valence-corrected chi connectivity index (χ0v) is 12.1. The average molecular weight is 305 g/mol. The van der Waals surface area contributed by atoms with Gasteiger partial charge >= 0.3 is 0 Å². The summed E-state index contributed by atoms with van der Waals surface area (Å²) in [6.07, 6.45) is 1.58. The summed E-state index contributed by atoms with van der Waals surface area (Å²) < 4.78 is 27.5. The molecule has 0 aliphatic carbocycles. The highest BCUT2D eigenvalue weighted by molar-refractivity contribution is 7.90. The quantitative estimate of drug-likeness (QED) is 0.442. The van der Waals surface area contributed by atoms with E-state index in [1.165, 1.54) is 12.1 Å². The number of pyridine rings is 1. The maximum atomic E-state index is 12.0. The fourth-order valence-electron chi connectivity index (χ4n) is 1.48. The number of nitrogens with one attached hydrogen (secondary N) is 2. The number of rotatable bonds is 4. The smallest absolute Gasteiger partial charge is 0.285 e. The summed E-state index contributed by atoms with van der Waals surface area (Å²) in [7, 11) is -3.84. The highest BCUT2D eigenvalue weighted by Crippen LogP contribution is 2.12. The van der Waals surface area contributed by atoms with E-state index in [-0.39, 0.29) is 10.9 Å². The molecule has 1 aromatic carbocycles. The fraction of sp³-hybridized carbons (Fsp3) is 0.0769. The lowest BCUT2D eigenvalue weighted by Gasteiger charge is -2.07. The van der Waals surface area contributed by atoms with E-state index in [4.69, 9.17) is 5.73 Å². The largest absolute Gasteiger partial charge is 0.368 e. The number of nitrogens with two attached hydrogens (primary N) is 1. The monoisotopic (exact) mass is 305 g/mol. The first-order chi connectivity index (χ1) is 9.97. The van der Waals surface area contributed by atoms with Crippen LogP contribution in [0.15, 0.2) is 58.0 Å². The second kappa shape index (κ2) is 6.23. The number of aryl methyl sites for hydroxylation is 1. The van der Waals surface area contributed by atoms with Gasteiger partial charge in [-0.2, -0.15) is 8.42 Å². The second-order valence-corrected chi connectivity index (χ2v) is 5.83. The SMILES string of the molecule is Cc1ccc(S(=O)(=O)/N=C(\N)NNc2ccccn2)cc1. The van der Waals surface area contributed by atoms with Crippen LogP contribution in [-0.4, -0.2) is 19.4 Å². The molecule has 0 saturated carbocycles. The molecule has 0 spiro atoms. The van der Waals surface area contributed by atoms with Crippen LogP contribution in [-0.2, 0) is 10.0 Å². The summed E-state index contributed by atoms with van der Waals surface area (Å²) in [6, 6.07) is 11.6. The van der Waals surface area contributed by atoms with Crippen molar-refractivity contribution in [1.29, 1.82) is 0 Å². The van der Waals surface area contributed by atoms with Crippen molar-refractivity contribution >= 4 is 21.8 Å². The average Bonchev–Trinajstić information content (AvgIpc) is 2.46. The first-order valence-corrected chi connectivity index (χ1v) is 7.51. The highest BCUT2D eigenvalue weighted by Gasteiger charge is 2.13. The molecular formula is C13H15N5O2S. The van der Waals surface area contributed by atoms with Gasteiger partial charge in [0.25, 0.3) is 10.0 Å². The van der Waals surface area contributed by atoms with Crippen molar-refractivity contribution in [3.63, 3.8) is 0 Å². The topological polar surface area (TPSA) is 109 Å². The zero-order valence-electron chi connectivity index (χ0n) is 11.3. The molecule has 4 N–H and O–H groups in total. The normalized spacial score (nSPS) is 12.0. The van der Waals surface area contributed by atoms with Crippen molar-refractivity contribution < 1.29 is 8.42 Å². The molecule has 0 aliphatic rings. The van der Waals surface area contributed by atoms with E-state index in [9.17, 15) is 8.42 Å². The summed E-state index contributed by atoms with van der Waals surface area (Å²) in [6.45, 7) is 1.87. The molecule has 8 heteroatoms. The van der Waals surface area contributed by atoms with Crippen LogP contribution < -0.4 is 16.6 Å². The van der Waals surface area contributed by atoms with Gasteiger partial charge in [0.1, 0.15) is 5.82 Å². The van der Waals surface area contributed by atoms with Gasteiger partial charge < -0.3 is 5.73 Å². The van der Waals surface area contributed by atoms with Crippen molar-refractivity contribution in [2.75, 3.05) is 5.43 Å². The van der Waals surface area contributed by atoms with Gasteiger partial charge in [-0.25, -0.2) is 4.98 Å². The Bertz CT molecular complexity index is 727. The third-order valence-corrected chi connectivity index (χ3v) is 3.83. The Morgan fingerprint density at radius 3 is 2.52 bits per heavy atom. The molecule has 0 aliphatic heterocycles. The van der Waals surface area contributed by atoms with Crippen molar-refractivity contribution in [2.45, 2.75) is 11.8 Å². The van der Waals surface area contributed by atoms with Crippen LogP contribution in [0.2, 0.25) is 0 Å². The van der Waals surface area contributed by atoms with Gasteiger partial charge in [-0.1, -0.05) is 23.8 Å². The number of aromatic nitrogens is 1. The van der Waals surface area contributed by atoms with Gasteiger partial charge in [-0.3, -0.25) is 10.9 Å². The lowest BCUT2D eigenvalue weighted by atomic mass is 10.2. The van der Waals surface area contributed by atoms with Gasteiger partial charge in [-0.15, -0.1) is 4.40 Å². The number of nitrogens with zero attached hydrogens (tertiary/aromatic N) is 2. The molecule has 21 heavy (non-hydrogen) atoms. The summed E-state index contributed by atoms with van der Waals surface area (Å²) in [5.41, 5.74) is 11.6. The molecule has 0 fully saturated rings. The molecule has 0 saturated heterocycles. The Kier molecular flexibility index (Phi) is 4.39. The maximum Gasteiger partial charge on any atom is 0.285 e. The van der Waals surface area contributed by atoms with E-state index in [1.54, 1.807) is 36.5 Å². The van der Waals surface area contributed by atoms with Gasteiger partial charge in [0, 0.05) is 6.20 Å². The molecule has 1 heterocycles. The molecule has 0 bridgehead atoms. The molecule has 0 atom stereocenters. The third-order valence-electron chi connectivity index (χ3n) is 2.52. The number of guanidine groups is 1. The van der Waals surface area contributed by atoms with E-state index in [2.05, 4.69) is 20.2 Å². The van der Waals surface area contributed by atoms with Crippen molar-refractivity contribution in [3.05, 3.63) is 54.2 Å². The second-order valence-electron chi connectivity index (χ2n) is 4.23. The van der Waals surface area contributed by atoms with Gasteiger partial charge in [0.15, 0.2) is 0 Å². The Labute approximate surface area is 123 Å². The summed E-state index contributed by atoms with van der Waals surface area (Å²) >= 11 is 0. The molecule has 0 unspecified atom stereocenters. The first kappa shape index (κ1) is 14.8. The predicted molar refractivity (Wildman–Crippen MR) is 81.0 cm³/mol. The van der Waals surface area contributed by atoms with Crippen molar-refractivity contribution in [2.24, 2.45) is 10.1 Å². The van der Waals surface area contributed by atoms with E-state index < -0.39 is 10.0 Å². The number of hydrogen-bond acceptors (Lipinski definition) is 4. The maximum absolute atomic E-state index is 12.0. The fourth-order valence-corrected chi connectivity index (χ4v) is 2.37. The third kappa shape index (κ3) is 4.18. The van der Waals surface area contributed by atoms with Crippen LogP contribution in [0.4, 0.5) is 5.82 Å². The predicted octanol–water partition coefficient (Wildman–Crippen LogP) is 1.01. The zero-order chi connectivity index (χ0) is 15.3. The minimum atomic E-state index is -3.84. The van der Waals surface area contributed by atoms with Crippen LogP contribution in [0, 0.1) is 6.92 Å². The number of benzene rings is 1. The molecule has 2 rings (SSSR count). The Balaban J connectivity index is 2.08. The molecule has 0 radical (unpaired) electrons. The van der Waals surface area contributed by atoms with Crippen LogP contribution in [0.3, 0.4) is 0 Å². The lowest BCUT2D eigenvalue weighted by Crippen LogP contribution is -2.37. The Morgan fingerprint density at radius 1 is 1.19 bits per heavy atom. The molecule has 7 nitrogen and oxygen atoms in total. The van der Waals surface area contributed by atoms with Crippen LogP contribution in [0.1, 0.15) is 5.56 Å². The van der Waals surface area contributed by atoms with Crippen molar-refractivity contribution in [1.82, 2.24) is 10.4 Å². The minimum Gasteiger partial charge on any atom is -0.368 e. The number of anilines is 1. The van der Waals surface area contributed by atoms with Gasteiger partial charge in [0.2, 0.25) is 5.96 Å². The van der Waals surface area contributed by atoms with Gasteiger partial charge in [0.05, 0.1) is 4.90 Å². The number of sulfonamides is 1. The molecule has 0 amide bonds. The highest BCUT2D eigenvalue weighted by atomic mass is 32.2. The summed E-state index contributed by atoms with van der Waals surface area (Å²) in [5, 5.41) is 0. The van der Waals surface area contributed by atoms with Crippen LogP contribution in [0.25, 0.3) is 0 Å². The van der Waals surface area contributed by atoms with E-state index >= 15 is 0 Å². The van der Waals surface area contributed by atoms with E-state index in [0.29, 0.717) is 5.82 Å². The molecular weight excluding hydrogens is 290 g/mol. The summed E-state index contributed by atoms with van der Waals surface area (Å²) in [5.74, 6) is 0.213. The lowest BCUT2D eigenvalue weighted by molar-refractivity contribution is 0.597. The summed E-state index contributed by atoms with van der Waals surface area (Å²) in [4.78, 5) is 4.06. The van der Waals surface area contributed by atoms with Gasteiger partial charge in [-0.05, 0) is 31.2 Å². The van der Waals surface area contributed by atoms with E-state index in [1.807, 2.05) is 6.92 Å². The van der Waals surface area contributed by atoms with Crippen LogP contribution in [0.5, 0.6) is 0 Å². The number of hydrazine groups is 1. The minimum absolute atomic E-state index is 0.0793. The van der Waals surface area contributed by atoms with Crippen LogP contribution >= 0.6 is 0 Å². The molecule has 1 aromatic heterocycles. The standard InChI is InChI=1S/C13H15N5O2S/c1-10-5-7-11(8-6-10)21(19,20)18-13(14)17-16-12-4-2-3-9-15-12/h2-9H,1H3,(H,15,16)(H3,14,17,18). The number of hydrogen-bond donors (Lipinski definition) is 3.